The molecule has 0 fully saturated rings. The first kappa shape index (κ1) is 19.3. The molecule has 3 heterocycles. The number of primary amides is 1. The number of aryl methyl sites for hydroxylation is 1. The lowest BCUT2D eigenvalue weighted by atomic mass is 10.1. The van der Waals surface area contributed by atoms with Gasteiger partial charge in [-0.05, 0) is 24.4 Å². The first-order chi connectivity index (χ1) is 14.1. The Morgan fingerprint density at radius 3 is 2.93 bits per heavy atom. The van der Waals surface area contributed by atoms with Crippen LogP contribution >= 0.6 is 23.1 Å². The lowest BCUT2D eigenvalue weighted by Gasteiger charge is -2.07. The molecule has 1 aromatic carbocycles. The lowest BCUT2D eigenvalue weighted by Crippen LogP contribution is -2.14. The summed E-state index contributed by atoms with van der Waals surface area (Å²) in [5.74, 6) is 1.84. The van der Waals surface area contributed by atoms with Crippen molar-refractivity contribution in [1.29, 1.82) is 0 Å². The second-order valence-electron chi connectivity index (χ2n) is 6.32. The van der Waals surface area contributed by atoms with Crippen molar-refractivity contribution in [2.75, 3.05) is 0 Å². The molecule has 0 atom stereocenters. The topological polar surface area (TPSA) is 113 Å². The van der Waals surface area contributed by atoms with Gasteiger partial charge in [-0.25, -0.2) is 0 Å². The fourth-order valence-corrected chi connectivity index (χ4v) is 4.27. The zero-order chi connectivity index (χ0) is 20.2. The first-order valence-electron chi connectivity index (χ1n) is 8.88. The van der Waals surface area contributed by atoms with Gasteiger partial charge in [0.25, 0.3) is 0 Å². The van der Waals surface area contributed by atoms with Crippen LogP contribution in [-0.2, 0) is 17.1 Å². The van der Waals surface area contributed by atoms with Gasteiger partial charge in [0, 0.05) is 18.5 Å². The number of carbonyl (C=O) groups is 1. The Bertz CT molecular complexity index is 1120. The van der Waals surface area contributed by atoms with Crippen LogP contribution in [0.3, 0.4) is 0 Å². The number of benzene rings is 1. The molecule has 8 nitrogen and oxygen atoms in total. The van der Waals surface area contributed by atoms with Crippen LogP contribution in [0.4, 0.5) is 0 Å². The zero-order valence-electron chi connectivity index (χ0n) is 15.6. The Hall–Kier alpha value is -2.98. The highest BCUT2D eigenvalue weighted by atomic mass is 32.2. The maximum atomic E-state index is 11.3. The van der Waals surface area contributed by atoms with Gasteiger partial charge in [0.05, 0.1) is 10.6 Å². The van der Waals surface area contributed by atoms with E-state index in [9.17, 15) is 4.79 Å². The minimum atomic E-state index is -0.369. The van der Waals surface area contributed by atoms with Crippen molar-refractivity contribution >= 4 is 29.0 Å². The highest BCUT2D eigenvalue weighted by molar-refractivity contribution is 7.98. The summed E-state index contributed by atoms with van der Waals surface area (Å²) in [6.45, 7) is 2.43. The van der Waals surface area contributed by atoms with Crippen LogP contribution in [0.1, 0.15) is 17.9 Å². The van der Waals surface area contributed by atoms with Gasteiger partial charge in [0.2, 0.25) is 17.6 Å². The fourth-order valence-electron chi connectivity index (χ4n) is 2.75. The van der Waals surface area contributed by atoms with Crippen LogP contribution in [0.25, 0.3) is 22.1 Å². The van der Waals surface area contributed by atoms with Crippen molar-refractivity contribution in [2.45, 2.75) is 30.8 Å². The molecule has 2 N–H and O–H groups in total. The number of nitrogens with two attached hydrogens (primary N) is 1. The minimum Gasteiger partial charge on any atom is -0.370 e. The van der Waals surface area contributed by atoms with E-state index in [1.54, 1.807) is 11.3 Å². The molecule has 0 saturated heterocycles. The molecule has 0 spiro atoms. The Morgan fingerprint density at radius 2 is 2.17 bits per heavy atom. The highest BCUT2D eigenvalue weighted by Gasteiger charge is 2.17. The molecule has 0 radical (unpaired) electrons. The molecule has 0 saturated carbocycles. The molecule has 0 bridgehead atoms. The Labute approximate surface area is 175 Å². The van der Waals surface area contributed by atoms with Crippen LogP contribution in [0.5, 0.6) is 0 Å². The van der Waals surface area contributed by atoms with Crippen molar-refractivity contribution in [3.05, 3.63) is 53.2 Å². The maximum Gasteiger partial charge on any atom is 0.237 e. The van der Waals surface area contributed by atoms with Gasteiger partial charge in [-0.2, -0.15) is 4.98 Å². The van der Waals surface area contributed by atoms with E-state index in [0.717, 1.165) is 21.8 Å². The fraction of sp³-hybridized carbons (Fsp3) is 0.211. The van der Waals surface area contributed by atoms with Crippen LogP contribution in [0, 0.1) is 6.92 Å². The number of rotatable bonds is 8. The quantitative estimate of drug-likeness (QED) is 0.429. The summed E-state index contributed by atoms with van der Waals surface area (Å²) in [6.07, 6.45) is 0.210. The molecule has 3 aromatic heterocycles. The predicted octanol–water partition coefficient (Wildman–Crippen LogP) is 3.53. The molecule has 4 aromatic rings. The second-order valence-corrected chi connectivity index (χ2v) is 8.21. The number of hydrogen-bond acceptors (Lipinski definition) is 8. The second kappa shape index (κ2) is 8.58. The van der Waals surface area contributed by atoms with Crippen molar-refractivity contribution in [3.63, 3.8) is 0 Å². The van der Waals surface area contributed by atoms with Crippen molar-refractivity contribution in [1.82, 2.24) is 24.9 Å². The molecule has 29 heavy (non-hydrogen) atoms. The van der Waals surface area contributed by atoms with E-state index in [1.807, 2.05) is 53.3 Å². The highest BCUT2D eigenvalue weighted by Crippen LogP contribution is 2.29. The van der Waals surface area contributed by atoms with Crippen LogP contribution < -0.4 is 5.73 Å². The van der Waals surface area contributed by atoms with Crippen LogP contribution in [0.2, 0.25) is 0 Å². The number of hydrogen-bond donors (Lipinski definition) is 1. The number of aromatic nitrogens is 5. The number of amides is 1. The molecule has 148 valence electrons. The molecular formula is C19H18N6O2S2. The molecule has 0 unspecified atom stereocenters. The molecule has 10 heteroatoms. The molecule has 4 rings (SSSR count). The van der Waals surface area contributed by atoms with Gasteiger partial charge in [-0.3, -0.25) is 4.79 Å². The van der Waals surface area contributed by atoms with E-state index in [1.165, 1.54) is 11.8 Å². The van der Waals surface area contributed by atoms with Crippen LogP contribution in [-0.4, -0.2) is 30.8 Å². The van der Waals surface area contributed by atoms with Gasteiger partial charge in [0.15, 0.2) is 11.0 Å². The maximum absolute atomic E-state index is 11.3. The first-order valence-corrected chi connectivity index (χ1v) is 10.7. The Balaban J connectivity index is 1.52. The van der Waals surface area contributed by atoms with Crippen molar-refractivity contribution < 1.29 is 9.32 Å². The summed E-state index contributed by atoms with van der Waals surface area (Å²) in [5, 5.41) is 15.3. The van der Waals surface area contributed by atoms with E-state index >= 15 is 0 Å². The smallest absolute Gasteiger partial charge is 0.237 e. The number of nitrogens with zero attached hydrogens (tertiary/aromatic N) is 5. The summed E-state index contributed by atoms with van der Waals surface area (Å²) < 4.78 is 7.29. The summed E-state index contributed by atoms with van der Waals surface area (Å²) in [4.78, 5) is 16.7. The van der Waals surface area contributed by atoms with Crippen molar-refractivity contribution in [3.8, 4) is 22.1 Å². The monoisotopic (exact) mass is 426 g/mol. The van der Waals surface area contributed by atoms with Crippen LogP contribution in [0.15, 0.2) is 51.5 Å². The molecule has 0 aliphatic rings. The largest absolute Gasteiger partial charge is 0.370 e. The third-order valence-electron chi connectivity index (χ3n) is 4.11. The summed E-state index contributed by atoms with van der Waals surface area (Å²) >= 11 is 2.99. The Kier molecular flexibility index (Phi) is 5.72. The van der Waals surface area contributed by atoms with Gasteiger partial charge in [-0.1, -0.05) is 46.7 Å². The molecule has 0 aliphatic heterocycles. The van der Waals surface area contributed by atoms with E-state index in [0.29, 0.717) is 29.2 Å². The summed E-state index contributed by atoms with van der Waals surface area (Å²) in [7, 11) is 0. The summed E-state index contributed by atoms with van der Waals surface area (Å²) in [6, 6.07) is 11.9. The van der Waals surface area contributed by atoms with Gasteiger partial charge >= 0.3 is 0 Å². The van der Waals surface area contributed by atoms with Gasteiger partial charge in [-0.15, -0.1) is 21.5 Å². The van der Waals surface area contributed by atoms with Gasteiger partial charge < -0.3 is 14.8 Å². The average Bonchev–Trinajstić information content (AvgIpc) is 3.44. The number of thiophene rings is 1. The third-order valence-corrected chi connectivity index (χ3v) is 5.93. The normalized spacial score (nSPS) is 11.1. The number of thioether (sulfide) groups is 1. The van der Waals surface area contributed by atoms with E-state index in [2.05, 4.69) is 20.3 Å². The average molecular weight is 427 g/mol. The lowest BCUT2D eigenvalue weighted by molar-refractivity contribution is -0.118. The van der Waals surface area contributed by atoms with E-state index < -0.39 is 0 Å². The molecular weight excluding hydrogens is 408 g/mol. The number of carbonyl (C=O) groups excluding carboxylic acids is 1. The standard InChI is InChI=1S/C19H18N6O2S2/c1-12-4-2-5-13(10-12)17-21-16(27-24-17)11-29-19-23-22-18(14-6-3-9-28-14)25(19)8-7-15(20)26/h2-6,9-10H,7-8,11H2,1H3,(H2,20,26). The van der Waals surface area contributed by atoms with E-state index in [4.69, 9.17) is 10.3 Å². The third kappa shape index (κ3) is 4.54. The predicted molar refractivity (Wildman–Crippen MR) is 111 cm³/mol. The van der Waals surface area contributed by atoms with Gasteiger partial charge in [0.1, 0.15) is 0 Å². The van der Waals surface area contributed by atoms with Crippen molar-refractivity contribution in [2.24, 2.45) is 5.73 Å². The Morgan fingerprint density at radius 1 is 1.28 bits per heavy atom. The molecule has 0 aliphatic carbocycles. The van der Waals surface area contributed by atoms with E-state index in [-0.39, 0.29) is 12.3 Å². The SMILES string of the molecule is Cc1cccc(-c2noc(CSc3nnc(-c4cccs4)n3CCC(N)=O)n2)c1. The summed E-state index contributed by atoms with van der Waals surface area (Å²) in [5.41, 5.74) is 7.37. The minimum absolute atomic E-state index is 0.210. The molecule has 1 amide bonds. The zero-order valence-corrected chi connectivity index (χ0v) is 17.2.